The lowest BCUT2D eigenvalue weighted by Crippen LogP contribution is -2.63. The van der Waals surface area contributed by atoms with Crippen molar-refractivity contribution in [3.05, 3.63) is 47.0 Å². The molecule has 1 aliphatic rings. The van der Waals surface area contributed by atoms with E-state index in [4.69, 9.17) is 18.6 Å². The summed E-state index contributed by atoms with van der Waals surface area (Å²) >= 11 is 0. The number of allylic oxidation sites excluding steroid dienone is 1. The minimum Gasteiger partial charge on any atom is -0.463 e. The molecule has 1 aromatic heterocycles. The average molecular weight is 500 g/mol. The van der Waals surface area contributed by atoms with Gasteiger partial charge in [0.2, 0.25) is 11.8 Å². The van der Waals surface area contributed by atoms with E-state index in [1.165, 1.54) is 0 Å². The fraction of sp³-hybridized carbons (Fsp3) is 0.556. The van der Waals surface area contributed by atoms with Crippen molar-refractivity contribution in [3.8, 4) is 11.5 Å². The normalized spacial score (nSPS) is 23.0. The standard InChI is InChI=1S/C27H37N3O6/c1-14(2)34-25(31)21-16(5)28-27(8,17(6)33-9)23(26(32)35-15(3)4)22(21)19-11-10-12-20(13-19)24-30-29-18(7)36-24/h10-15,17,22-23,28H,1-9H3. The number of hydrogen-bond acceptors (Lipinski definition) is 9. The number of benzene rings is 1. The Hall–Kier alpha value is -3.20. The number of nitrogens with zero attached hydrogens (tertiary/aromatic N) is 2. The highest BCUT2D eigenvalue weighted by Gasteiger charge is 2.55. The molecule has 1 N–H and O–H groups in total. The first-order valence-electron chi connectivity index (χ1n) is 12.2. The van der Waals surface area contributed by atoms with Crippen molar-refractivity contribution in [1.29, 1.82) is 0 Å². The first-order chi connectivity index (χ1) is 16.9. The largest absolute Gasteiger partial charge is 0.463 e. The Morgan fingerprint density at radius 2 is 1.72 bits per heavy atom. The van der Waals surface area contributed by atoms with Crippen LogP contribution < -0.4 is 5.32 Å². The Labute approximate surface area is 212 Å². The molecule has 1 aromatic carbocycles. The molecule has 0 amide bonds. The maximum Gasteiger partial charge on any atom is 0.336 e. The van der Waals surface area contributed by atoms with Gasteiger partial charge in [-0.25, -0.2) is 4.79 Å². The molecule has 0 spiro atoms. The summed E-state index contributed by atoms with van der Waals surface area (Å²) in [6, 6.07) is 7.44. The highest BCUT2D eigenvalue weighted by Crippen LogP contribution is 2.47. The van der Waals surface area contributed by atoms with E-state index < -0.39 is 35.4 Å². The molecule has 9 heteroatoms. The summed E-state index contributed by atoms with van der Waals surface area (Å²) in [6.07, 6.45) is -1.08. The second-order valence-electron chi connectivity index (χ2n) is 9.97. The number of nitrogens with one attached hydrogen (secondary N) is 1. The molecule has 0 saturated heterocycles. The number of hydrogen-bond donors (Lipinski definition) is 1. The summed E-state index contributed by atoms with van der Waals surface area (Å²) in [6.45, 7) is 14.5. The van der Waals surface area contributed by atoms with E-state index in [0.29, 0.717) is 28.6 Å². The molecule has 4 atom stereocenters. The number of aryl methyl sites for hydroxylation is 1. The average Bonchev–Trinajstić information content (AvgIpc) is 3.23. The van der Waals surface area contributed by atoms with Crippen molar-refractivity contribution in [1.82, 2.24) is 15.5 Å². The van der Waals surface area contributed by atoms with Crippen LogP contribution in [0.1, 0.15) is 65.8 Å². The molecule has 3 rings (SSSR count). The van der Waals surface area contributed by atoms with Crippen LogP contribution in [0, 0.1) is 12.8 Å². The topological polar surface area (TPSA) is 113 Å². The van der Waals surface area contributed by atoms with Crippen LogP contribution in [0.5, 0.6) is 0 Å². The predicted molar refractivity (Wildman–Crippen MR) is 134 cm³/mol. The van der Waals surface area contributed by atoms with Gasteiger partial charge in [-0.1, -0.05) is 12.1 Å². The molecule has 2 aromatic rings. The summed E-state index contributed by atoms with van der Waals surface area (Å²) in [5.74, 6) is -1.63. The van der Waals surface area contributed by atoms with Gasteiger partial charge in [0.25, 0.3) is 0 Å². The number of rotatable bonds is 8. The highest BCUT2D eigenvalue weighted by atomic mass is 16.5. The third kappa shape index (κ3) is 5.46. The number of aromatic nitrogens is 2. The van der Waals surface area contributed by atoms with Gasteiger partial charge in [-0.15, -0.1) is 10.2 Å². The van der Waals surface area contributed by atoms with Crippen LogP contribution in [0.3, 0.4) is 0 Å². The Bertz CT molecular complexity index is 1140. The van der Waals surface area contributed by atoms with Crippen molar-refractivity contribution in [2.24, 2.45) is 5.92 Å². The van der Waals surface area contributed by atoms with Gasteiger partial charge in [-0.05, 0) is 66.2 Å². The maximum atomic E-state index is 13.8. The van der Waals surface area contributed by atoms with Crippen molar-refractivity contribution < 1.29 is 28.2 Å². The fourth-order valence-corrected chi connectivity index (χ4v) is 4.78. The van der Waals surface area contributed by atoms with Crippen LogP contribution >= 0.6 is 0 Å². The maximum absolute atomic E-state index is 13.8. The van der Waals surface area contributed by atoms with E-state index in [1.54, 1.807) is 41.7 Å². The lowest BCUT2D eigenvalue weighted by Gasteiger charge is -2.49. The second-order valence-corrected chi connectivity index (χ2v) is 9.97. The molecule has 9 nitrogen and oxygen atoms in total. The van der Waals surface area contributed by atoms with Gasteiger partial charge in [-0.3, -0.25) is 4.79 Å². The summed E-state index contributed by atoms with van der Waals surface area (Å²) in [4.78, 5) is 27.2. The number of carbonyl (C=O) groups is 2. The van der Waals surface area contributed by atoms with Crippen LogP contribution in [-0.4, -0.2) is 53.1 Å². The summed E-state index contributed by atoms with van der Waals surface area (Å²) in [5.41, 5.74) is 1.49. The lowest BCUT2D eigenvalue weighted by molar-refractivity contribution is -0.160. The van der Waals surface area contributed by atoms with Gasteiger partial charge < -0.3 is 23.9 Å². The molecular formula is C27H37N3O6. The smallest absolute Gasteiger partial charge is 0.336 e. The molecular weight excluding hydrogens is 462 g/mol. The van der Waals surface area contributed by atoms with E-state index in [1.807, 2.05) is 45.0 Å². The molecule has 0 aliphatic carbocycles. The predicted octanol–water partition coefficient (Wildman–Crippen LogP) is 4.32. The van der Waals surface area contributed by atoms with Crippen molar-refractivity contribution in [2.45, 2.75) is 85.2 Å². The zero-order valence-corrected chi connectivity index (χ0v) is 22.5. The van der Waals surface area contributed by atoms with E-state index >= 15 is 0 Å². The Balaban J connectivity index is 2.28. The molecule has 0 bridgehead atoms. The van der Waals surface area contributed by atoms with Crippen molar-refractivity contribution in [3.63, 3.8) is 0 Å². The zero-order valence-electron chi connectivity index (χ0n) is 22.5. The lowest BCUT2D eigenvalue weighted by atomic mass is 9.65. The first kappa shape index (κ1) is 27.4. The minimum atomic E-state index is -0.895. The Kier molecular flexibility index (Phi) is 8.23. The zero-order chi connectivity index (χ0) is 26.8. The van der Waals surface area contributed by atoms with Gasteiger partial charge in [0.1, 0.15) is 0 Å². The number of ether oxygens (including phenoxy) is 3. The molecule has 1 aliphatic heterocycles. The summed E-state index contributed by atoms with van der Waals surface area (Å²) < 4.78 is 22.7. The SMILES string of the molecule is COC(C)C1(C)NC(C)=C(C(=O)OC(C)C)C(c2cccc(-c3nnc(C)o3)c2)C1C(=O)OC(C)C. The Morgan fingerprint density at radius 3 is 2.28 bits per heavy atom. The van der Waals surface area contributed by atoms with Gasteiger partial charge in [0.15, 0.2) is 0 Å². The van der Waals surface area contributed by atoms with E-state index in [0.717, 1.165) is 5.56 Å². The molecule has 0 radical (unpaired) electrons. The third-order valence-corrected chi connectivity index (χ3v) is 6.54. The molecule has 2 heterocycles. The molecule has 196 valence electrons. The van der Waals surface area contributed by atoms with Crippen LogP contribution in [0.15, 0.2) is 40.0 Å². The van der Waals surface area contributed by atoms with Crippen LogP contribution in [0.25, 0.3) is 11.5 Å². The van der Waals surface area contributed by atoms with E-state index in [-0.39, 0.29) is 12.2 Å². The van der Waals surface area contributed by atoms with Gasteiger partial charge in [0.05, 0.1) is 35.3 Å². The van der Waals surface area contributed by atoms with Gasteiger partial charge in [0, 0.05) is 31.2 Å². The third-order valence-electron chi connectivity index (χ3n) is 6.54. The van der Waals surface area contributed by atoms with Crippen LogP contribution in [-0.2, 0) is 23.8 Å². The number of carbonyl (C=O) groups excluding carboxylic acids is 2. The van der Waals surface area contributed by atoms with Gasteiger partial charge in [-0.2, -0.15) is 0 Å². The molecule has 0 fully saturated rings. The first-order valence-corrected chi connectivity index (χ1v) is 12.2. The minimum absolute atomic E-state index is 0.335. The van der Waals surface area contributed by atoms with E-state index in [9.17, 15) is 9.59 Å². The van der Waals surface area contributed by atoms with E-state index in [2.05, 4.69) is 15.5 Å². The highest BCUT2D eigenvalue weighted by molar-refractivity contribution is 5.94. The molecule has 36 heavy (non-hydrogen) atoms. The summed E-state index contributed by atoms with van der Waals surface area (Å²) in [5, 5.41) is 11.5. The monoisotopic (exact) mass is 499 g/mol. The fourth-order valence-electron chi connectivity index (χ4n) is 4.78. The van der Waals surface area contributed by atoms with Crippen LogP contribution in [0.2, 0.25) is 0 Å². The van der Waals surface area contributed by atoms with Crippen molar-refractivity contribution >= 4 is 11.9 Å². The molecule has 4 unspecified atom stereocenters. The van der Waals surface area contributed by atoms with Crippen LogP contribution in [0.4, 0.5) is 0 Å². The number of esters is 2. The summed E-state index contributed by atoms with van der Waals surface area (Å²) in [7, 11) is 1.59. The second kappa shape index (κ2) is 10.8. The number of methoxy groups -OCH3 is 1. The Morgan fingerprint density at radius 1 is 1.06 bits per heavy atom. The van der Waals surface area contributed by atoms with Gasteiger partial charge >= 0.3 is 11.9 Å². The quantitative estimate of drug-likeness (QED) is 0.531. The van der Waals surface area contributed by atoms with Crippen molar-refractivity contribution in [2.75, 3.05) is 7.11 Å². The molecule has 0 saturated carbocycles.